The smallest absolute Gasteiger partial charge is 0.325 e. The SMILES string of the molecule is Cc1ccc(S(=O)(=O)NC(C)C(=O)N2CCC(C(=O)NC(C)C(=O)O)CC2)cc1. The Bertz CT molecular complexity index is 860. The van der Waals surface area contributed by atoms with Crippen LogP contribution in [0, 0.1) is 12.8 Å². The van der Waals surface area contributed by atoms with Crippen molar-refractivity contribution in [2.75, 3.05) is 13.1 Å². The van der Waals surface area contributed by atoms with Crippen molar-refractivity contribution in [3.8, 4) is 0 Å². The van der Waals surface area contributed by atoms with Crippen LogP contribution in [0.3, 0.4) is 0 Å². The predicted molar refractivity (Wildman–Crippen MR) is 106 cm³/mol. The highest BCUT2D eigenvalue weighted by Gasteiger charge is 2.32. The van der Waals surface area contributed by atoms with E-state index in [9.17, 15) is 22.8 Å². The summed E-state index contributed by atoms with van der Waals surface area (Å²) in [6.07, 6.45) is 0.780. The van der Waals surface area contributed by atoms with Gasteiger partial charge in [-0.25, -0.2) is 8.42 Å². The van der Waals surface area contributed by atoms with E-state index in [0.717, 1.165) is 5.56 Å². The van der Waals surface area contributed by atoms with E-state index < -0.39 is 28.1 Å². The normalized spacial score (nSPS) is 17.4. The highest BCUT2D eigenvalue weighted by atomic mass is 32.2. The van der Waals surface area contributed by atoms with Gasteiger partial charge in [-0.05, 0) is 45.7 Å². The fraction of sp³-hybridized carbons (Fsp3) is 0.526. The zero-order valence-corrected chi connectivity index (χ0v) is 17.5. The molecule has 0 bridgehead atoms. The van der Waals surface area contributed by atoms with Gasteiger partial charge in [-0.2, -0.15) is 4.72 Å². The molecule has 10 heteroatoms. The van der Waals surface area contributed by atoms with Gasteiger partial charge in [0.1, 0.15) is 6.04 Å². The molecule has 0 saturated carbocycles. The summed E-state index contributed by atoms with van der Waals surface area (Å²) in [6, 6.07) is 4.41. The van der Waals surface area contributed by atoms with Crippen molar-refractivity contribution in [1.29, 1.82) is 0 Å². The third-order valence-electron chi connectivity index (χ3n) is 4.94. The summed E-state index contributed by atoms with van der Waals surface area (Å²) in [5, 5.41) is 11.3. The maximum atomic E-state index is 12.6. The number of likely N-dealkylation sites (tertiary alicyclic amines) is 1. The lowest BCUT2D eigenvalue weighted by molar-refractivity contribution is -0.142. The molecule has 2 unspecified atom stereocenters. The number of nitrogens with one attached hydrogen (secondary N) is 2. The van der Waals surface area contributed by atoms with Crippen LogP contribution in [0.2, 0.25) is 0 Å². The molecule has 160 valence electrons. The van der Waals surface area contributed by atoms with Crippen LogP contribution in [0.15, 0.2) is 29.2 Å². The third-order valence-corrected chi connectivity index (χ3v) is 6.50. The molecule has 2 rings (SSSR count). The van der Waals surface area contributed by atoms with Crippen LogP contribution in [0.1, 0.15) is 32.3 Å². The highest BCUT2D eigenvalue weighted by molar-refractivity contribution is 7.89. The van der Waals surface area contributed by atoms with E-state index in [0.29, 0.717) is 25.9 Å². The second-order valence-electron chi connectivity index (χ2n) is 7.32. The molecule has 1 aliphatic heterocycles. The summed E-state index contributed by atoms with van der Waals surface area (Å²) in [7, 11) is -3.82. The Kier molecular flexibility index (Phi) is 7.37. The van der Waals surface area contributed by atoms with Gasteiger partial charge in [0.05, 0.1) is 10.9 Å². The Morgan fingerprint density at radius 3 is 2.14 bits per heavy atom. The van der Waals surface area contributed by atoms with Crippen molar-refractivity contribution in [2.24, 2.45) is 5.92 Å². The Balaban J connectivity index is 1.90. The van der Waals surface area contributed by atoms with Crippen molar-refractivity contribution in [2.45, 2.75) is 50.6 Å². The first-order valence-corrected chi connectivity index (χ1v) is 10.9. The number of aliphatic carboxylic acids is 1. The number of amides is 2. The Hall–Kier alpha value is -2.46. The first-order chi connectivity index (χ1) is 13.5. The summed E-state index contributed by atoms with van der Waals surface area (Å²) >= 11 is 0. The highest BCUT2D eigenvalue weighted by Crippen LogP contribution is 2.19. The molecule has 1 aliphatic rings. The van der Waals surface area contributed by atoms with E-state index in [4.69, 9.17) is 5.11 Å². The van der Waals surface area contributed by atoms with Gasteiger partial charge in [0.2, 0.25) is 21.8 Å². The molecule has 2 atom stereocenters. The minimum absolute atomic E-state index is 0.0886. The molecule has 2 amide bonds. The van der Waals surface area contributed by atoms with Crippen LogP contribution in [-0.2, 0) is 24.4 Å². The Labute approximate surface area is 170 Å². The molecule has 0 spiro atoms. The number of sulfonamides is 1. The number of rotatable bonds is 7. The fourth-order valence-electron chi connectivity index (χ4n) is 3.10. The first-order valence-electron chi connectivity index (χ1n) is 9.42. The van der Waals surface area contributed by atoms with E-state index in [-0.39, 0.29) is 22.6 Å². The second kappa shape index (κ2) is 9.36. The predicted octanol–water partition coefficient (Wildman–Crippen LogP) is 0.490. The molecule has 1 aromatic carbocycles. The topological polar surface area (TPSA) is 133 Å². The fourth-order valence-corrected chi connectivity index (χ4v) is 4.29. The van der Waals surface area contributed by atoms with Crippen molar-refractivity contribution in [3.63, 3.8) is 0 Å². The number of hydrogen-bond acceptors (Lipinski definition) is 5. The van der Waals surface area contributed by atoms with E-state index in [1.54, 1.807) is 12.1 Å². The lowest BCUT2D eigenvalue weighted by Crippen LogP contribution is -2.51. The number of hydrogen-bond donors (Lipinski definition) is 3. The number of nitrogens with zero attached hydrogens (tertiary/aromatic N) is 1. The van der Waals surface area contributed by atoms with Crippen LogP contribution < -0.4 is 10.0 Å². The van der Waals surface area contributed by atoms with Gasteiger partial charge in [-0.15, -0.1) is 0 Å². The number of aryl methyl sites for hydroxylation is 1. The van der Waals surface area contributed by atoms with Gasteiger partial charge in [-0.1, -0.05) is 17.7 Å². The van der Waals surface area contributed by atoms with E-state index in [2.05, 4.69) is 10.0 Å². The first kappa shape index (κ1) is 22.8. The van der Waals surface area contributed by atoms with Gasteiger partial charge in [0, 0.05) is 19.0 Å². The molecule has 1 saturated heterocycles. The minimum atomic E-state index is -3.82. The zero-order valence-electron chi connectivity index (χ0n) is 16.7. The average molecular weight is 426 g/mol. The number of carboxylic acids is 1. The van der Waals surface area contributed by atoms with Crippen LogP contribution >= 0.6 is 0 Å². The molecule has 0 aliphatic carbocycles. The van der Waals surface area contributed by atoms with Crippen molar-refractivity contribution in [3.05, 3.63) is 29.8 Å². The quantitative estimate of drug-likeness (QED) is 0.582. The van der Waals surface area contributed by atoms with Gasteiger partial charge in [0.15, 0.2) is 0 Å². The number of carbonyl (C=O) groups is 3. The molecule has 1 heterocycles. The molecule has 29 heavy (non-hydrogen) atoms. The molecule has 0 aromatic heterocycles. The largest absolute Gasteiger partial charge is 0.480 e. The van der Waals surface area contributed by atoms with Crippen LogP contribution in [0.4, 0.5) is 0 Å². The molecule has 9 nitrogen and oxygen atoms in total. The van der Waals surface area contributed by atoms with Gasteiger partial charge >= 0.3 is 5.97 Å². The van der Waals surface area contributed by atoms with Gasteiger partial charge in [0.25, 0.3) is 0 Å². The van der Waals surface area contributed by atoms with Crippen molar-refractivity contribution in [1.82, 2.24) is 14.9 Å². The van der Waals surface area contributed by atoms with Crippen LogP contribution in [0.25, 0.3) is 0 Å². The zero-order chi connectivity index (χ0) is 21.8. The second-order valence-corrected chi connectivity index (χ2v) is 9.04. The van der Waals surface area contributed by atoms with Gasteiger partial charge < -0.3 is 15.3 Å². The standard InChI is InChI=1S/C19H27N3O6S/c1-12-4-6-16(7-5-12)29(27,28)21-13(2)18(24)22-10-8-15(9-11-22)17(23)20-14(3)19(25)26/h4-7,13-15,21H,8-11H2,1-3H3,(H,20,23)(H,25,26). The lowest BCUT2D eigenvalue weighted by atomic mass is 9.95. The Morgan fingerprint density at radius 2 is 1.62 bits per heavy atom. The molecule has 1 aromatic rings. The molecular weight excluding hydrogens is 398 g/mol. The summed E-state index contributed by atoms with van der Waals surface area (Å²) in [4.78, 5) is 37.2. The monoisotopic (exact) mass is 425 g/mol. The van der Waals surface area contributed by atoms with Crippen LogP contribution in [0.5, 0.6) is 0 Å². The van der Waals surface area contributed by atoms with Gasteiger partial charge in [-0.3, -0.25) is 14.4 Å². The number of benzene rings is 1. The maximum Gasteiger partial charge on any atom is 0.325 e. The molecule has 3 N–H and O–H groups in total. The summed E-state index contributed by atoms with van der Waals surface area (Å²) < 4.78 is 27.3. The average Bonchev–Trinajstić information content (AvgIpc) is 2.67. The van der Waals surface area contributed by atoms with Crippen LogP contribution in [-0.4, -0.2) is 61.4 Å². The number of piperidine rings is 1. The summed E-state index contributed by atoms with van der Waals surface area (Å²) in [5.41, 5.74) is 0.928. The third kappa shape index (κ3) is 6.01. The van der Waals surface area contributed by atoms with E-state index in [1.165, 1.54) is 30.9 Å². The molecule has 1 fully saturated rings. The van der Waals surface area contributed by atoms with Crippen molar-refractivity contribution >= 4 is 27.8 Å². The van der Waals surface area contributed by atoms with Crippen molar-refractivity contribution < 1.29 is 27.9 Å². The summed E-state index contributed by atoms with van der Waals surface area (Å²) in [6.45, 7) is 5.33. The Morgan fingerprint density at radius 1 is 1.07 bits per heavy atom. The summed E-state index contributed by atoms with van der Waals surface area (Å²) in [5.74, 6) is -2.19. The van der Waals surface area contributed by atoms with E-state index >= 15 is 0 Å². The lowest BCUT2D eigenvalue weighted by Gasteiger charge is -2.33. The number of carboxylic acid groups (broad SMARTS) is 1. The number of carbonyl (C=O) groups excluding carboxylic acids is 2. The molecular formula is C19H27N3O6S. The van der Waals surface area contributed by atoms with E-state index in [1.807, 2.05) is 6.92 Å². The molecule has 0 radical (unpaired) electrons. The minimum Gasteiger partial charge on any atom is -0.480 e. The maximum absolute atomic E-state index is 12.6.